The van der Waals surface area contributed by atoms with Gasteiger partial charge in [-0.2, -0.15) is 0 Å². The zero-order chi connectivity index (χ0) is 55.5. The number of carbonyl (C=O) groups is 2. The molecule has 2 heterocycles. The van der Waals surface area contributed by atoms with E-state index in [0.717, 1.165) is 38.5 Å². The van der Waals surface area contributed by atoms with Gasteiger partial charge in [0.15, 0.2) is 12.6 Å². The number of aliphatic hydroxyl groups is 7. The molecule has 2 amide bonds. The van der Waals surface area contributed by atoms with E-state index in [1.54, 1.807) is 0 Å². The maximum atomic E-state index is 13.7. The Morgan fingerprint density at radius 2 is 0.842 bits per heavy atom. The Balaban J connectivity index is 1.44. The van der Waals surface area contributed by atoms with Crippen LogP contribution < -0.4 is 22.5 Å². The minimum Gasteiger partial charge on any atom is -0.394 e. The second-order valence-electron chi connectivity index (χ2n) is 22.8. The van der Waals surface area contributed by atoms with Gasteiger partial charge in [0.25, 0.3) is 0 Å². The second kappa shape index (κ2) is 41.4. The van der Waals surface area contributed by atoms with E-state index < -0.39 is 104 Å². The highest BCUT2D eigenvalue weighted by molar-refractivity contribution is 5.83. The molecule has 3 aliphatic rings. The first kappa shape index (κ1) is 68.7. The van der Waals surface area contributed by atoms with Gasteiger partial charge < -0.3 is 82.1 Å². The van der Waals surface area contributed by atoms with Crippen LogP contribution in [-0.4, -0.2) is 170 Å². The van der Waals surface area contributed by atoms with Crippen molar-refractivity contribution in [3.8, 4) is 0 Å². The number of nitrogens with one attached hydrogen (secondary N) is 1. The highest BCUT2D eigenvalue weighted by atomic mass is 16.7. The van der Waals surface area contributed by atoms with Crippen LogP contribution in [0.2, 0.25) is 0 Å². The number of unbranched alkanes of at least 4 members (excludes halogenated alkanes) is 30. The monoisotopic (exact) mass is 1090 g/mol. The van der Waals surface area contributed by atoms with Crippen molar-refractivity contribution >= 4 is 11.8 Å². The SMILES string of the molecule is CCCCCCCCCCCCCCCCCCN(CCCCCCCCCCCCCCCCCC)C(=O)CCC(=O)NC[C@H]1O[C@@H](O[C@@H]2[C@H](O)[C@@H](O[C@@H]3O[C@H](CO)[C@@H](O)[C@H](N)[C@H]3O)[C@H](N)C[C@@H]2N)[C@H](O)[C@@H](O)[C@@H]1O. The summed E-state index contributed by atoms with van der Waals surface area (Å²) in [6.07, 6.45) is 23.0. The fraction of sp³-hybridized carbons (Fsp3) is 0.966. The molecule has 0 aromatic heterocycles. The number of rotatable bonds is 44. The summed E-state index contributed by atoms with van der Waals surface area (Å²) in [7, 11) is 0. The summed E-state index contributed by atoms with van der Waals surface area (Å²) >= 11 is 0. The van der Waals surface area contributed by atoms with E-state index in [4.69, 9.17) is 36.1 Å². The standard InChI is InChI=1S/C58H113N5O13/c1-3-5-7-9-11-13-15-17-19-21-23-25-27-29-31-33-37-63(38-34-32-30-28-26-24-22-20-18-16-14-12-10-8-6-4-2)47(66)36-35-46(65)62-40-44-50(68)52(70)53(71)58(73-44)76-56-43(60)39-42(59)55(54(56)72)75-57-51(69)48(61)49(67)45(41-64)74-57/h42-45,48-58,64,67-72H,3-41,59-61H2,1-2H3,(H,62,65)/t42-,43+,44-,45-,48+,49-,50-,51-,52+,53-,54-,55+,56+,57+,58+/m1/s1. The van der Waals surface area contributed by atoms with E-state index in [0.29, 0.717) is 13.1 Å². The normalized spacial score (nSPS) is 29.9. The summed E-state index contributed by atoms with van der Waals surface area (Å²) < 4.78 is 23.2. The number of ether oxygens (including phenoxy) is 4. The van der Waals surface area contributed by atoms with Crippen LogP contribution in [0.5, 0.6) is 0 Å². The van der Waals surface area contributed by atoms with E-state index in [-0.39, 0.29) is 31.7 Å². The Morgan fingerprint density at radius 1 is 0.474 bits per heavy atom. The molecule has 0 bridgehead atoms. The summed E-state index contributed by atoms with van der Waals surface area (Å²) in [6.45, 7) is 4.95. The average molecular weight is 1090 g/mol. The number of nitrogens with two attached hydrogens (primary N) is 3. The predicted octanol–water partition coefficient (Wildman–Crippen LogP) is 6.00. The van der Waals surface area contributed by atoms with Gasteiger partial charge >= 0.3 is 0 Å². The number of amides is 2. The van der Waals surface area contributed by atoms with Crippen LogP contribution in [-0.2, 0) is 28.5 Å². The van der Waals surface area contributed by atoms with Crippen molar-refractivity contribution in [3.63, 3.8) is 0 Å². The first-order valence-corrected chi connectivity index (χ1v) is 30.9. The number of hydrogen-bond donors (Lipinski definition) is 11. The first-order valence-electron chi connectivity index (χ1n) is 30.9. The van der Waals surface area contributed by atoms with Crippen LogP contribution in [0.3, 0.4) is 0 Å². The number of hydrogen-bond acceptors (Lipinski definition) is 16. The molecule has 1 aliphatic carbocycles. The highest BCUT2D eigenvalue weighted by Gasteiger charge is 2.52. The second-order valence-corrected chi connectivity index (χ2v) is 22.8. The molecule has 3 fully saturated rings. The van der Waals surface area contributed by atoms with Gasteiger partial charge in [-0.3, -0.25) is 9.59 Å². The van der Waals surface area contributed by atoms with Gasteiger partial charge in [0.1, 0.15) is 61.0 Å². The van der Waals surface area contributed by atoms with Crippen molar-refractivity contribution in [2.45, 2.75) is 330 Å². The molecule has 448 valence electrons. The van der Waals surface area contributed by atoms with Crippen molar-refractivity contribution in [3.05, 3.63) is 0 Å². The smallest absolute Gasteiger partial charge is 0.223 e. The molecule has 76 heavy (non-hydrogen) atoms. The molecule has 3 rings (SSSR count). The molecule has 0 unspecified atom stereocenters. The molecule has 0 aromatic rings. The van der Waals surface area contributed by atoms with E-state index >= 15 is 0 Å². The third-order valence-corrected chi connectivity index (χ3v) is 16.2. The highest BCUT2D eigenvalue weighted by Crippen LogP contribution is 2.32. The minimum atomic E-state index is -1.79. The lowest BCUT2D eigenvalue weighted by Gasteiger charge is -2.48. The maximum Gasteiger partial charge on any atom is 0.223 e. The van der Waals surface area contributed by atoms with Crippen LogP contribution in [0.4, 0.5) is 0 Å². The molecule has 0 aromatic carbocycles. The van der Waals surface area contributed by atoms with Gasteiger partial charge in [0.05, 0.1) is 12.6 Å². The van der Waals surface area contributed by atoms with Gasteiger partial charge in [-0.1, -0.05) is 206 Å². The lowest BCUT2D eigenvalue weighted by atomic mass is 9.84. The molecule has 0 spiro atoms. The quantitative estimate of drug-likeness (QED) is 0.0312. The summed E-state index contributed by atoms with van der Waals surface area (Å²) in [5.41, 5.74) is 18.6. The van der Waals surface area contributed by atoms with Crippen LogP contribution in [0, 0.1) is 0 Å². The van der Waals surface area contributed by atoms with Crippen molar-refractivity contribution in [2.75, 3.05) is 26.2 Å². The first-order chi connectivity index (χ1) is 36.7. The van der Waals surface area contributed by atoms with Crippen molar-refractivity contribution in [2.24, 2.45) is 17.2 Å². The third-order valence-electron chi connectivity index (χ3n) is 16.2. The predicted molar refractivity (Wildman–Crippen MR) is 297 cm³/mol. The molecule has 2 aliphatic heterocycles. The topological polar surface area (TPSA) is 306 Å². The molecule has 18 heteroatoms. The minimum absolute atomic E-state index is 0.0175. The van der Waals surface area contributed by atoms with E-state index in [1.165, 1.54) is 167 Å². The van der Waals surface area contributed by atoms with Gasteiger partial charge in [-0.05, 0) is 19.3 Å². The van der Waals surface area contributed by atoms with Gasteiger partial charge in [-0.15, -0.1) is 0 Å². The zero-order valence-corrected chi connectivity index (χ0v) is 47.5. The van der Waals surface area contributed by atoms with Crippen LogP contribution in [0.15, 0.2) is 0 Å². The molecule has 1 saturated carbocycles. The molecule has 2 saturated heterocycles. The van der Waals surface area contributed by atoms with Crippen LogP contribution >= 0.6 is 0 Å². The Hall–Kier alpha value is -1.62. The van der Waals surface area contributed by atoms with Crippen LogP contribution in [0.25, 0.3) is 0 Å². The Labute approximate surface area is 458 Å². The van der Waals surface area contributed by atoms with E-state index in [2.05, 4.69) is 19.2 Å². The Bertz CT molecular complexity index is 1420. The average Bonchev–Trinajstić information content (AvgIpc) is 3.41. The lowest BCUT2D eigenvalue weighted by molar-refractivity contribution is -0.332. The number of aliphatic hydroxyl groups excluding tert-OH is 7. The summed E-state index contributed by atoms with van der Waals surface area (Å²) in [5, 5.41) is 77.4. The summed E-state index contributed by atoms with van der Waals surface area (Å²) in [6, 6.07) is -3.08. The van der Waals surface area contributed by atoms with E-state index in [1.807, 2.05) is 4.90 Å². The Kier molecular flexibility index (Phi) is 37.4. The third kappa shape index (κ3) is 26.3. The zero-order valence-electron chi connectivity index (χ0n) is 47.5. The van der Waals surface area contributed by atoms with Crippen molar-refractivity contribution in [1.29, 1.82) is 0 Å². The van der Waals surface area contributed by atoms with Gasteiger partial charge in [0.2, 0.25) is 11.8 Å². The number of carbonyl (C=O) groups excluding carboxylic acids is 2. The molecule has 18 nitrogen and oxygen atoms in total. The molecular formula is C58H113N5O13. The summed E-state index contributed by atoms with van der Waals surface area (Å²) in [5.74, 6) is -0.519. The summed E-state index contributed by atoms with van der Waals surface area (Å²) in [4.78, 5) is 28.8. The van der Waals surface area contributed by atoms with Crippen molar-refractivity contribution in [1.82, 2.24) is 10.2 Å². The molecule has 0 radical (unpaired) electrons. The maximum absolute atomic E-state index is 13.7. The largest absolute Gasteiger partial charge is 0.394 e. The fourth-order valence-electron chi connectivity index (χ4n) is 11.1. The Morgan fingerprint density at radius 3 is 1.24 bits per heavy atom. The van der Waals surface area contributed by atoms with Gasteiger partial charge in [0, 0.05) is 44.6 Å². The molecular weight excluding hydrogens is 975 g/mol. The van der Waals surface area contributed by atoms with Crippen molar-refractivity contribution < 1.29 is 64.3 Å². The lowest BCUT2D eigenvalue weighted by Crippen LogP contribution is -2.68. The molecule has 14 N–H and O–H groups in total. The molecule has 15 atom stereocenters. The van der Waals surface area contributed by atoms with Crippen LogP contribution in [0.1, 0.15) is 239 Å². The van der Waals surface area contributed by atoms with Gasteiger partial charge in [-0.25, -0.2) is 0 Å². The number of nitrogens with zero attached hydrogens (tertiary/aromatic N) is 1. The fourth-order valence-corrected chi connectivity index (χ4v) is 11.1. The van der Waals surface area contributed by atoms with E-state index in [9.17, 15) is 45.3 Å².